The quantitative estimate of drug-likeness (QED) is 0.0175. The highest BCUT2D eigenvalue weighted by atomic mass is 32.2. The molecule has 0 amide bonds. The van der Waals surface area contributed by atoms with Gasteiger partial charge in [-0.05, 0) is 201 Å². The van der Waals surface area contributed by atoms with Crippen LogP contribution in [0.3, 0.4) is 0 Å². The van der Waals surface area contributed by atoms with Crippen LogP contribution in [0.1, 0.15) is 116 Å². The molecule has 18 heteroatoms. The molecule has 10 rings (SSSR count). The molecule has 436 valence electrons. The van der Waals surface area contributed by atoms with Crippen molar-refractivity contribution in [1.29, 1.82) is 0 Å². The van der Waals surface area contributed by atoms with Gasteiger partial charge in [0, 0.05) is 92.7 Å². The predicted molar refractivity (Wildman–Crippen MR) is 343 cm³/mol. The summed E-state index contributed by atoms with van der Waals surface area (Å²) in [7, 11) is 0. The number of rotatable bonds is 20. The van der Waals surface area contributed by atoms with E-state index >= 15 is 0 Å². The number of aromatic nitrogens is 2. The maximum absolute atomic E-state index is 14.2. The van der Waals surface area contributed by atoms with Crippen molar-refractivity contribution in [3.8, 4) is 11.4 Å². The third kappa shape index (κ3) is 13.7. The first-order chi connectivity index (χ1) is 41.9. The topological polar surface area (TPSA) is 199 Å². The maximum atomic E-state index is 14.2. The molecular weight excluding hydrogens is 1140 g/mol. The molecule has 2 aromatic heterocycles. The van der Waals surface area contributed by atoms with E-state index in [1.807, 2.05) is 170 Å². The van der Waals surface area contributed by atoms with E-state index in [0.29, 0.717) is 45.1 Å². The number of ketones is 2. The van der Waals surface area contributed by atoms with E-state index in [2.05, 4.69) is 29.8 Å². The zero-order chi connectivity index (χ0) is 61.5. The van der Waals surface area contributed by atoms with Gasteiger partial charge in [-0.3, -0.25) is 9.59 Å². The SMILES string of the molecule is CC(=O)ON=C(C)c1ccc(-n2c3ccc(C(=O)c4ccc(SCCCSc5ccc(C(=O)c6ccc7c(c6)c6cc(C(C)=NOC(C)=O)ccc6n7-c6ccc(C(C)=NOC(C)=O)cc6)cc5)cc4)cc3c3cc(C(C)=NOC(C)=O)ccc32)cc1. The van der Waals surface area contributed by atoms with Gasteiger partial charge in [0.15, 0.2) is 11.6 Å². The van der Waals surface area contributed by atoms with E-state index in [9.17, 15) is 28.8 Å². The van der Waals surface area contributed by atoms with Gasteiger partial charge in [-0.15, -0.1) is 23.5 Å². The van der Waals surface area contributed by atoms with E-state index in [0.717, 1.165) is 105 Å². The van der Waals surface area contributed by atoms with E-state index < -0.39 is 23.9 Å². The van der Waals surface area contributed by atoms with Crippen LogP contribution in [0.5, 0.6) is 0 Å². The summed E-state index contributed by atoms with van der Waals surface area (Å²) in [5.74, 6) is -0.556. The number of oxime groups is 4. The fraction of sp³-hybridized carbons (Fsp3) is 0.159. The van der Waals surface area contributed by atoms with Gasteiger partial charge in [-0.1, -0.05) is 57.0 Å². The zero-order valence-corrected chi connectivity index (χ0v) is 50.5. The van der Waals surface area contributed by atoms with Crippen LogP contribution in [0.4, 0.5) is 0 Å². The molecule has 0 saturated heterocycles. The van der Waals surface area contributed by atoms with Crippen molar-refractivity contribution in [2.45, 2.75) is 71.6 Å². The molecule has 87 heavy (non-hydrogen) atoms. The number of hydrogen-bond acceptors (Lipinski definition) is 16. The van der Waals surface area contributed by atoms with Gasteiger partial charge in [-0.25, -0.2) is 19.2 Å². The first-order valence-corrected chi connectivity index (χ1v) is 29.7. The number of hydrogen-bond donors (Lipinski definition) is 0. The number of benzene rings is 8. The van der Waals surface area contributed by atoms with Gasteiger partial charge < -0.3 is 28.5 Å². The number of thioether (sulfide) groups is 2. The highest BCUT2D eigenvalue weighted by molar-refractivity contribution is 8.00. The van der Waals surface area contributed by atoms with E-state index in [-0.39, 0.29) is 11.6 Å². The van der Waals surface area contributed by atoms with E-state index in [4.69, 9.17) is 19.4 Å². The van der Waals surface area contributed by atoms with Crippen molar-refractivity contribution < 1.29 is 48.1 Å². The molecule has 0 spiro atoms. The lowest BCUT2D eigenvalue weighted by Gasteiger charge is -2.10. The van der Waals surface area contributed by atoms with E-state index in [1.54, 1.807) is 51.2 Å². The van der Waals surface area contributed by atoms with Crippen molar-refractivity contribution in [2.75, 3.05) is 11.5 Å². The highest BCUT2D eigenvalue weighted by Crippen LogP contribution is 2.37. The smallest absolute Gasteiger partial charge is 0.318 e. The molecular formula is C69H58N6O10S2. The lowest BCUT2D eigenvalue weighted by atomic mass is 10.0. The Morgan fingerprint density at radius 2 is 0.575 bits per heavy atom. The molecule has 10 aromatic rings. The minimum absolute atomic E-state index is 0.116. The van der Waals surface area contributed by atoms with Crippen LogP contribution < -0.4 is 0 Å². The molecule has 16 nitrogen and oxygen atoms in total. The number of nitrogens with zero attached hydrogens (tertiary/aromatic N) is 6. The van der Waals surface area contributed by atoms with Crippen molar-refractivity contribution in [3.63, 3.8) is 0 Å². The molecule has 2 heterocycles. The van der Waals surface area contributed by atoms with Crippen LogP contribution in [-0.4, -0.2) is 78.9 Å². The van der Waals surface area contributed by atoms with Crippen LogP contribution in [-0.2, 0) is 38.5 Å². The molecule has 0 aliphatic carbocycles. The number of carbonyl (C=O) groups excluding carboxylic acids is 6. The predicted octanol–water partition coefficient (Wildman–Crippen LogP) is 14.8. The van der Waals surface area contributed by atoms with Crippen molar-refractivity contribution >= 4 is 125 Å². The fourth-order valence-corrected chi connectivity index (χ4v) is 11.8. The van der Waals surface area contributed by atoms with Crippen molar-refractivity contribution in [3.05, 3.63) is 214 Å². The summed E-state index contributed by atoms with van der Waals surface area (Å²) in [4.78, 5) is 95.9. The van der Waals surface area contributed by atoms with Gasteiger partial charge in [0.2, 0.25) is 0 Å². The Morgan fingerprint density at radius 1 is 0.322 bits per heavy atom. The first-order valence-electron chi connectivity index (χ1n) is 27.7. The summed E-state index contributed by atoms with van der Waals surface area (Å²) in [5.41, 5.74) is 12.6. The Kier molecular flexibility index (Phi) is 18.3. The van der Waals surface area contributed by atoms with Gasteiger partial charge in [0.1, 0.15) is 0 Å². The Labute approximate surface area is 509 Å². The van der Waals surface area contributed by atoms with Crippen LogP contribution in [0.25, 0.3) is 55.0 Å². The second kappa shape index (κ2) is 26.5. The zero-order valence-electron chi connectivity index (χ0n) is 48.9. The monoisotopic (exact) mass is 1190 g/mol. The largest absolute Gasteiger partial charge is 0.331 e. The molecule has 0 aliphatic rings. The minimum atomic E-state index is -0.524. The first kappa shape index (κ1) is 60.1. The molecule has 0 atom stereocenters. The molecule has 8 aromatic carbocycles. The Morgan fingerprint density at radius 3 is 0.874 bits per heavy atom. The molecule has 0 aliphatic heterocycles. The van der Waals surface area contributed by atoms with Crippen molar-refractivity contribution in [2.24, 2.45) is 20.6 Å². The normalized spacial score (nSPS) is 12.2. The maximum Gasteiger partial charge on any atom is 0.331 e. The fourth-order valence-electron chi connectivity index (χ4n) is 9.96. The second-order valence-corrected chi connectivity index (χ2v) is 22.8. The number of carbonyl (C=O) groups is 6. The van der Waals surface area contributed by atoms with Crippen LogP contribution in [0.15, 0.2) is 200 Å². The molecule has 0 fully saturated rings. The second-order valence-electron chi connectivity index (χ2n) is 20.5. The average Bonchev–Trinajstić information content (AvgIpc) is 1.81. The van der Waals surface area contributed by atoms with Gasteiger partial charge in [-0.2, -0.15) is 0 Å². The Balaban J connectivity index is 0.795. The summed E-state index contributed by atoms with van der Waals surface area (Å²) < 4.78 is 4.23. The van der Waals surface area contributed by atoms with Gasteiger partial charge >= 0.3 is 23.9 Å². The standard InChI is InChI=1S/C69H58N6O10S2/c1-40(70-82-44(5)76)48-10-22-56(23-11-48)74-64-30-18-52(42(3)72-84-46(7)78)36-60(64)62-38-54(20-32-66(62)74)68(80)50-14-26-58(27-15-50)86-34-9-35-87-59-28-16-51(17-29-59)69(81)55-21-33-67-63(39-55)61-37-53(43(4)73-85-47(8)79)19-31-65(61)75(67)57-24-12-49(13-25-57)41(2)71-83-45(6)77/h10-33,36-39H,9,34-35H2,1-8H3. The van der Waals surface area contributed by atoms with E-state index in [1.165, 1.54) is 27.7 Å². The van der Waals surface area contributed by atoms with Gasteiger partial charge in [0.25, 0.3) is 0 Å². The summed E-state index contributed by atoms with van der Waals surface area (Å²) >= 11 is 3.45. The molecule has 0 N–H and O–H groups in total. The molecule has 0 saturated carbocycles. The summed E-state index contributed by atoms with van der Waals surface area (Å²) in [6.07, 6.45) is 0.924. The number of fused-ring (bicyclic) bond motifs is 6. The van der Waals surface area contributed by atoms with Gasteiger partial charge in [0.05, 0.1) is 44.9 Å². The summed E-state index contributed by atoms with van der Waals surface area (Å²) in [5, 5.41) is 19.3. The lowest BCUT2D eigenvalue weighted by Crippen LogP contribution is -2.02. The van der Waals surface area contributed by atoms with Crippen LogP contribution in [0.2, 0.25) is 0 Å². The minimum Gasteiger partial charge on any atom is -0.318 e. The van der Waals surface area contributed by atoms with Crippen LogP contribution in [0, 0.1) is 0 Å². The third-order valence-corrected chi connectivity index (χ3v) is 16.5. The highest BCUT2D eigenvalue weighted by Gasteiger charge is 2.21. The lowest BCUT2D eigenvalue weighted by molar-refractivity contribution is -0.141. The Bertz CT molecular complexity index is 4220. The van der Waals surface area contributed by atoms with Crippen molar-refractivity contribution in [1.82, 2.24) is 9.13 Å². The molecule has 0 radical (unpaired) electrons. The Hall–Kier alpha value is -10.0. The van der Waals surface area contributed by atoms with Crippen LogP contribution >= 0.6 is 23.5 Å². The summed E-state index contributed by atoms with van der Waals surface area (Å²) in [6.45, 7) is 12.2. The summed E-state index contributed by atoms with van der Waals surface area (Å²) in [6, 6.07) is 54.0. The molecule has 0 bridgehead atoms. The molecule has 0 unspecified atom stereocenters. The average molecular weight is 1200 g/mol. The third-order valence-electron chi connectivity index (χ3n) is 14.3.